The lowest BCUT2D eigenvalue weighted by molar-refractivity contribution is -0.384. The number of urea groups is 1. The zero-order chi connectivity index (χ0) is 26.5. The third kappa shape index (κ3) is 5.75. The van der Waals surface area contributed by atoms with Crippen LogP contribution >= 0.6 is 11.3 Å². The van der Waals surface area contributed by atoms with Gasteiger partial charge in [-0.1, -0.05) is 0 Å². The van der Waals surface area contributed by atoms with Gasteiger partial charge in [-0.3, -0.25) is 25.5 Å². The van der Waals surface area contributed by atoms with Gasteiger partial charge in [0.1, 0.15) is 10.8 Å². The van der Waals surface area contributed by atoms with Crippen molar-refractivity contribution in [2.45, 2.75) is 33.1 Å². The minimum atomic E-state index is -0.614. The van der Waals surface area contributed by atoms with Crippen molar-refractivity contribution in [2.24, 2.45) is 0 Å². The van der Waals surface area contributed by atoms with Gasteiger partial charge in [-0.25, -0.2) is 14.6 Å². The maximum Gasteiger partial charge on any atom is 0.341 e. The van der Waals surface area contributed by atoms with Crippen LogP contribution < -0.4 is 15.5 Å². The Morgan fingerprint density at radius 3 is 2.54 bits per heavy atom. The lowest BCUT2D eigenvalue weighted by Crippen LogP contribution is -2.35. The molecule has 3 aromatic rings. The van der Waals surface area contributed by atoms with Gasteiger partial charge in [-0.2, -0.15) is 0 Å². The molecule has 0 aliphatic carbocycles. The topological polar surface area (TPSA) is 144 Å². The summed E-state index contributed by atoms with van der Waals surface area (Å²) in [6, 6.07) is 8.65. The highest BCUT2D eigenvalue weighted by atomic mass is 32.1. The number of nitro benzene ring substituents is 1. The second-order valence-corrected chi connectivity index (χ2v) is 9.29. The SMILES string of the molecule is CCOC(=O)c1c(NC(=O)Nc2ccc(N3CCCCC3=O)cn2)sc(-c2ccc([N+](=O)[O-])cc2)c1C. The first kappa shape index (κ1) is 25.8. The highest BCUT2D eigenvalue weighted by Gasteiger charge is 2.25. The molecule has 1 aromatic carbocycles. The molecular weight excluding hydrogens is 498 g/mol. The molecule has 1 fully saturated rings. The Kier molecular flexibility index (Phi) is 7.77. The van der Waals surface area contributed by atoms with E-state index in [0.29, 0.717) is 34.7 Å². The third-order valence-corrected chi connectivity index (χ3v) is 7.07. The molecule has 0 radical (unpaired) electrons. The molecule has 3 amide bonds. The number of esters is 1. The zero-order valence-corrected chi connectivity index (χ0v) is 21.1. The molecule has 1 aliphatic heterocycles. The number of benzene rings is 1. The summed E-state index contributed by atoms with van der Waals surface area (Å²) >= 11 is 1.16. The smallest absolute Gasteiger partial charge is 0.341 e. The third-order valence-electron chi connectivity index (χ3n) is 5.82. The fraction of sp³-hybridized carbons (Fsp3) is 0.280. The number of nitrogens with zero attached hydrogens (tertiary/aromatic N) is 3. The number of hydrogen-bond acceptors (Lipinski definition) is 8. The molecule has 1 aliphatic rings. The van der Waals surface area contributed by atoms with Crippen LogP contribution in [0.25, 0.3) is 10.4 Å². The molecule has 0 atom stereocenters. The standard InChI is InChI=1S/C25H25N5O6S/c1-3-36-24(32)21-15(2)22(16-7-9-17(10-8-16)30(34)35)37-23(21)28-25(33)27-19-12-11-18(14-26-19)29-13-5-4-6-20(29)31/h7-12,14H,3-6,13H2,1-2H3,(H2,26,27,28,33). The fourth-order valence-electron chi connectivity index (χ4n) is 4.01. The lowest BCUT2D eigenvalue weighted by Gasteiger charge is -2.26. The minimum Gasteiger partial charge on any atom is -0.462 e. The van der Waals surface area contributed by atoms with Crippen molar-refractivity contribution in [1.29, 1.82) is 0 Å². The molecule has 12 heteroatoms. The summed E-state index contributed by atoms with van der Waals surface area (Å²) in [5, 5.41) is 16.6. The van der Waals surface area contributed by atoms with Gasteiger partial charge in [0.2, 0.25) is 5.91 Å². The van der Waals surface area contributed by atoms with Crippen molar-refractivity contribution in [3.05, 3.63) is 63.8 Å². The monoisotopic (exact) mass is 523 g/mol. The number of amides is 3. The Labute approximate surface area is 216 Å². The molecule has 0 unspecified atom stereocenters. The Bertz CT molecular complexity index is 1340. The summed E-state index contributed by atoms with van der Waals surface area (Å²) in [6.07, 6.45) is 3.85. The number of nitrogens with one attached hydrogen (secondary N) is 2. The molecule has 2 N–H and O–H groups in total. The number of non-ortho nitro benzene ring substituents is 1. The van der Waals surface area contributed by atoms with Crippen molar-refractivity contribution < 1.29 is 24.0 Å². The number of thiophene rings is 1. The number of pyridine rings is 1. The van der Waals surface area contributed by atoms with Crippen LogP contribution in [0.15, 0.2) is 42.6 Å². The van der Waals surface area contributed by atoms with Gasteiger partial charge in [-0.15, -0.1) is 11.3 Å². The summed E-state index contributed by atoms with van der Waals surface area (Å²) in [6.45, 7) is 4.20. The number of piperidine rings is 1. The molecule has 1 saturated heterocycles. The normalized spacial score (nSPS) is 13.2. The van der Waals surface area contributed by atoms with Crippen LogP contribution in [-0.4, -0.2) is 41.0 Å². The molecule has 0 saturated carbocycles. The van der Waals surface area contributed by atoms with Crippen LogP contribution in [0.2, 0.25) is 0 Å². The van der Waals surface area contributed by atoms with E-state index in [1.54, 1.807) is 43.0 Å². The molecule has 11 nitrogen and oxygen atoms in total. The fourth-order valence-corrected chi connectivity index (χ4v) is 5.21. The first-order chi connectivity index (χ1) is 17.8. The van der Waals surface area contributed by atoms with Crippen LogP contribution in [-0.2, 0) is 9.53 Å². The second kappa shape index (κ2) is 11.2. The molecule has 37 heavy (non-hydrogen) atoms. The quantitative estimate of drug-likeness (QED) is 0.241. The number of hydrogen-bond donors (Lipinski definition) is 2. The highest BCUT2D eigenvalue weighted by Crippen LogP contribution is 2.40. The summed E-state index contributed by atoms with van der Waals surface area (Å²) in [7, 11) is 0. The van der Waals surface area contributed by atoms with Gasteiger partial charge in [0, 0.05) is 30.0 Å². The van der Waals surface area contributed by atoms with E-state index in [1.165, 1.54) is 18.3 Å². The van der Waals surface area contributed by atoms with Crippen molar-refractivity contribution >= 4 is 51.4 Å². The van der Waals surface area contributed by atoms with E-state index in [1.807, 2.05) is 0 Å². The predicted octanol–water partition coefficient (Wildman–Crippen LogP) is 5.36. The zero-order valence-electron chi connectivity index (χ0n) is 20.3. The Morgan fingerprint density at radius 2 is 1.92 bits per heavy atom. The number of aromatic nitrogens is 1. The Balaban J connectivity index is 1.54. The van der Waals surface area contributed by atoms with Gasteiger partial charge in [-0.05, 0) is 62.1 Å². The van der Waals surface area contributed by atoms with Crippen molar-refractivity contribution in [1.82, 2.24) is 4.98 Å². The summed E-state index contributed by atoms with van der Waals surface area (Å²) in [5.74, 6) is -0.268. The van der Waals surface area contributed by atoms with Gasteiger partial charge >= 0.3 is 12.0 Å². The molecule has 192 valence electrons. The maximum atomic E-state index is 12.8. The average molecular weight is 524 g/mol. The van der Waals surface area contributed by atoms with Crippen LogP contribution in [0.4, 0.5) is 27.0 Å². The van der Waals surface area contributed by atoms with Crippen LogP contribution in [0.1, 0.15) is 42.1 Å². The molecule has 0 bridgehead atoms. The molecule has 4 rings (SSSR count). The number of carbonyl (C=O) groups excluding carboxylic acids is 3. The van der Waals surface area contributed by atoms with Gasteiger partial charge in [0.15, 0.2) is 0 Å². The summed E-state index contributed by atoms with van der Waals surface area (Å²) in [4.78, 5) is 54.7. The molecule has 3 heterocycles. The molecular formula is C25H25N5O6S. The number of anilines is 3. The van der Waals surface area contributed by atoms with E-state index >= 15 is 0 Å². The first-order valence-corrected chi connectivity index (χ1v) is 12.5. The van der Waals surface area contributed by atoms with E-state index < -0.39 is 16.9 Å². The summed E-state index contributed by atoms with van der Waals surface area (Å²) < 4.78 is 5.19. The minimum absolute atomic E-state index is 0.0508. The van der Waals surface area contributed by atoms with Crippen molar-refractivity contribution in [3.8, 4) is 10.4 Å². The van der Waals surface area contributed by atoms with Crippen LogP contribution in [0, 0.1) is 17.0 Å². The van der Waals surface area contributed by atoms with Gasteiger partial charge in [0.25, 0.3) is 5.69 Å². The molecule has 2 aromatic heterocycles. The highest BCUT2D eigenvalue weighted by molar-refractivity contribution is 7.20. The van der Waals surface area contributed by atoms with E-state index in [0.717, 1.165) is 24.2 Å². The predicted molar refractivity (Wildman–Crippen MR) is 140 cm³/mol. The first-order valence-electron chi connectivity index (χ1n) is 11.7. The number of ether oxygens (including phenoxy) is 1. The largest absolute Gasteiger partial charge is 0.462 e. The van der Waals surface area contributed by atoms with E-state index in [4.69, 9.17) is 4.74 Å². The van der Waals surface area contributed by atoms with E-state index in [2.05, 4.69) is 15.6 Å². The van der Waals surface area contributed by atoms with Crippen LogP contribution in [0.5, 0.6) is 0 Å². The maximum absolute atomic E-state index is 12.8. The number of carbonyl (C=O) groups is 3. The van der Waals surface area contributed by atoms with Gasteiger partial charge in [0.05, 0.1) is 29.0 Å². The number of rotatable bonds is 7. The van der Waals surface area contributed by atoms with Crippen molar-refractivity contribution in [3.63, 3.8) is 0 Å². The Morgan fingerprint density at radius 1 is 1.16 bits per heavy atom. The Hall–Kier alpha value is -4.32. The second-order valence-electron chi connectivity index (χ2n) is 8.27. The van der Waals surface area contributed by atoms with E-state index in [-0.39, 0.29) is 34.6 Å². The van der Waals surface area contributed by atoms with Crippen molar-refractivity contribution in [2.75, 3.05) is 28.7 Å². The average Bonchev–Trinajstić information content (AvgIpc) is 3.20. The lowest BCUT2D eigenvalue weighted by atomic mass is 10.1. The summed E-state index contributed by atoms with van der Waals surface area (Å²) in [5.41, 5.74) is 2.08. The molecule has 0 spiro atoms. The van der Waals surface area contributed by atoms with E-state index in [9.17, 15) is 24.5 Å². The van der Waals surface area contributed by atoms with Gasteiger partial charge < -0.3 is 9.64 Å². The number of nitro groups is 1. The van der Waals surface area contributed by atoms with Crippen LogP contribution in [0.3, 0.4) is 0 Å².